The predicted molar refractivity (Wildman–Crippen MR) is 113 cm³/mol. The third kappa shape index (κ3) is 8.09. The molecule has 1 heterocycles. The highest BCUT2D eigenvalue weighted by Gasteiger charge is 2.27. The Balaban J connectivity index is 0.000000567. The van der Waals surface area contributed by atoms with Crippen LogP contribution in [-0.2, 0) is 0 Å². The molecule has 2 fully saturated rings. The zero-order valence-corrected chi connectivity index (χ0v) is 17.4. The van der Waals surface area contributed by atoms with Crippen molar-refractivity contribution >= 4 is 0 Å². The van der Waals surface area contributed by atoms with E-state index in [1.807, 2.05) is 13.8 Å². The molecule has 1 saturated carbocycles. The number of nitrogens with two attached hydrogens (primary N) is 1. The highest BCUT2D eigenvalue weighted by atomic mass is 15.0. The van der Waals surface area contributed by atoms with E-state index < -0.39 is 0 Å². The maximum Gasteiger partial charge on any atom is 0.0219 e. The minimum Gasteiger partial charge on any atom is -0.326 e. The van der Waals surface area contributed by atoms with Crippen molar-refractivity contribution in [1.82, 2.24) is 5.32 Å². The Labute approximate surface area is 157 Å². The summed E-state index contributed by atoms with van der Waals surface area (Å²) in [5.41, 5.74) is 7.77. The molecule has 2 unspecified atom stereocenters. The van der Waals surface area contributed by atoms with Crippen molar-refractivity contribution in [2.75, 3.05) is 6.54 Å². The van der Waals surface area contributed by atoms with E-state index in [0.29, 0.717) is 12.1 Å². The zero-order valence-electron chi connectivity index (χ0n) is 17.4. The molecule has 3 N–H and O–H groups in total. The second-order valence-corrected chi connectivity index (χ2v) is 7.70. The molecule has 2 heteroatoms. The smallest absolute Gasteiger partial charge is 0.0219 e. The lowest BCUT2D eigenvalue weighted by Gasteiger charge is -2.31. The Morgan fingerprint density at radius 2 is 1.68 bits per heavy atom. The van der Waals surface area contributed by atoms with Crippen LogP contribution in [0, 0.1) is 11.8 Å². The Hall–Kier alpha value is -0.600. The first-order chi connectivity index (χ1) is 12.2. The largest absolute Gasteiger partial charge is 0.326 e. The van der Waals surface area contributed by atoms with Gasteiger partial charge in [-0.05, 0) is 81.7 Å². The second kappa shape index (κ2) is 13.6. The van der Waals surface area contributed by atoms with Crippen LogP contribution in [0.4, 0.5) is 0 Å². The Kier molecular flexibility index (Phi) is 12.2. The molecule has 0 aromatic rings. The molecule has 0 spiro atoms. The van der Waals surface area contributed by atoms with Gasteiger partial charge in [0, 0.05) is 12.1 Å². The normalized spacial score (nSPS) is 31.3. The third-order valence-electron chi connectivity index (χ3n) is 5.63. The van der Waals surface area contributed by atoms with E-state index in [1.54, 1.807) is 5.57 Å². The average molecular weight is 349 g/mol. The van der Waals surface area contributed by atoms with Gasteiger partial charge in [0.05, 0.1) is 0 Å². The molecule has 0 aromatic carbocycles. The molecule has 0 aromatic heterocycles. The standard InChI is InChI=1S/C18H30N2.C3H8.C2H6/c19-17-12-13-20-18(17)11-8-14-6-9-16(10-7-14)15-4-2-1-3-5-15;1-3-2;1-2/h2,4-5,14,16-18,20H,1,3,6-13,19H2;3H2,1-2H3;1-2H3. The second-order valence-electron chi connectivity index (χ2n) is 7.70. The van der Waals surface area contributed by atoms with Crippen molar-refractivity contribution < 1.29 is 0 Å². The number of hydrogen-bond donors (Lipinski definition) is 2. The van der Waals surface area contributed by atoms with Crippen LogP contribution >= 0.6 is 0 Å². The molecule has 146 valence electrons. The molecular weight excluding hydrogens is 304 g/mol. The average Bonchev–Trinajstić information content (AvgIpc) is 3.08. The van der Waals surface area contributed by atoms with Gasteiger partial charge >= 0.3 is 0 Å². The summed E-state index contributed by atoms with van der Waals surface area (Å²) in [5.74, 6) is 1.81. The summed E-state index contributed by atoms with van der Waals surface area (Å²) in [6.45, 7) is 9.37. The van der Waals surface area contributed by atoms with Crippen molar-refractivity contribution in [3.8, 4) is 0 Å². The lowest BCUT2D eigenvalue weighted by molar-refractivity contribution is 0.275. The van der Waals surface area contributed by atoms with Crippen LogP contribution in [0.3, 0.4) is 0 Å². The Bertz CT molecular complexity index is 378. The number of nitrogens with one attached hydrogen (secondary N) is 1. The van der Waals surface area contributed by atoms with Crippen molar-refractivity contribution in [1.29, 1.82) is 0 Å². The van der Waals surface area contributed by atoms with Gasteiger partial charge in [-0.25, -0.2) is 0 Å². The number of rotatable bonds is 4. The quantitative estimate of drug-likeness (QED) is 0.655. The van der Waals surface area contributed by atoms with Gasteiger partial charge in [0.2, 0.25) is 0 Å². The summed E-state index contributed by atoms with van der Waals surface area (Å²) in [5, 5.41) is 3.56. The summed E-state index contributed by atoms with van der Waals surface area (Å²) < 4.78 is 0. The molecule has 25 heavy (non-hydrogen) atoms. The maximum absolute atomic E-state index is 6.14. The molecule has 2 atom stereocenters. The molecule has 2 nitrogen and oxygen atoms in total. The monoisotopic (exact) mass is 348 g/mol. The molecule has 0 amide bonds. The van der Waals surface area contributed by atoms with Gasteiger partial charge in [0.25, 0.3) is 0 Å². The van der Waals surface area contributed by atoms with Crippen LogP contribution < -0.4 is 11.1 Å². The minimum absolute atomic E-state index is 0.406. The van der Waals surface area contributed by atoms with Crippen molar-refractivity contribution in [2.45, 2.75) is 104 Å². The van der Waals surface area contributed by atoms with E-state index in [1.165, 1.54) is 57.8 Å². The van der Waals surface area contributed by atoms with Gasteiger partial charge in [-0.2, -0.15) is 0 Å². The highest BCUT2D eigenvalue weighted by Crippen LogP contribution is 2.37. The van der Waals surface area contributed by atoms with E-state index in [2.05, 4.69) is 37.4 Å². The van der Waals surface area contributed by atoms with E-state index in [4.69, 9.17) is 5.73 Å². The first-order valence-electron chi connectivity index (χ1n) is 11.1. The topological polar surface area (TPSA) is 38.0 Å². The van der Waals surface area contributed by atoms with Crippen molar-refractivity contribution in [3.05, 3.63) is 23.8 Å². The van der Waals surface area contributed by atoms with Gasteiger partial charge < -0.3 is 11.1 Å². The molecule has 1 aliphatic heterocycles. The molecule has 1 saturated heterocycles. The summed E-state index contributed by atoms with van der Waals surface area (Å²) in [4.78, 5) is 0. The lowest BCUT2D eigenvalue weighted by atomic mass is 9.75. The molecule has 3 aliphatic rings. The van der Waals surface area contributed by atoms with Gasteiger partial charge in [0.1, 0.15) is 0 Å². The fourth-order valence-electron chi connectivity index (χ4n) is 4.24. The molecule has 0 radical (unpaired) electrons. The fourth-order valence-corrected chi connectivity index (χ4v) is 4.24. The van der Waals surface area contributed by atoms with E-state index in [0.717, 1.165) is 24.8 Å². The molecule has 3 rings (SSSR count). The SMILES string of the molecule is CC.CCC.NC1CCNC1CCC1CCC(C2=CCCC=C2)CC1. The zero-order chi connectivity index (χ0) is 18.5. The van der Waals surface area contributed by atoms with Crippen LogP contribution in [0.2, 0.25) is 0 Å². The van der Waals surface area contributed by atoms with Crippen LogP contribution in [-0.4, -0.2) is 18.6 Å². The van der Waals surface area contributed by atoms with Crippen LogP contribution in [0.5, 0.6) is 0 Å². The summed E-state index contributed by atoms with van der Waals surface area (Å²) in [6, 6.07) is 1.00. The van der Waals surface area contributed by atoms with E-state index in [-0.39, 0.29) is 0 Å². The van der Waals surface area contributed by atoms with E-state index >= 15 is 0 Å². The number of hydrogen-bond acceptors (Lipinski definition) is 2. The minimum atomic E-state index is 0.406. The predicted octanol–water partition coefficient (Wildman–Crippen LogP) is 5.98. The summed E-state index contributed by atoms with van der Waals surface area (Å²) in [6.07, 6.45) is 20.5. The van der Waals surface area contributed by atoms with Gasteiger partial charge in [-0.1, -0.05) is 52.3 Å². The third-order valence-corrected chi connectivity index (χ3v) is 5.63. The van der Waals surface area contributed by atoms with Gasteiger partial charge in [0.15, 0.2) is 0 Å². The van der Waals surface area contributed by atoms with Crippen LogP contribution in [0.1, 0.15) is 91.9 Å². The Morgan fingerprint density at radius 1 is 1.00 bits per heavy atom. The van der Waals surface area contributed by atoms with E-state index in [9.17, 15) is 0 Å². The molecule has 2 aliphatic carbocycles. The van der Waals surface area contributed by atoms with Crippen LogP contribution in [0.15, 0.2) is 23.8 Å². The lowest BCUT2D eigenvalue weighted by Crippen LogP contribution is -2.36. The van der Waals surface area contributed by atoms with Crippen LogP contribution in [0.25, 0.3) is 0 Å². The van der Waals surface area contributed by atoms with Gasteiger partial charge in [-0.3, -0.25) is 0 Å². The fraction of sp³-hybridized carbons (Fsp3) is 0.826. The summed E-state index contributed by atoms with van der Waals surface area (Å²) in [7, 11) is 0. The van der Waals surface area contributed by atoms with Crippen molar-refractivity contribution in [2.24, 2.45) is 17.6 Å². The Morgan fingerprint density at radius 3 is 2.20 bits per heavy atom. The van der Waals surface area contributed by atoms with Gasteiger partial charge in [-0.15, -0.1) is 0 Å². The highest BCUT2D eigenvalue weighted by molar-refractivity contribution is 5.25. The molecule has 0 bridgehead atoms. The first-order valence-corrected chi connectivity index (χ1v) is 11.1. The maximum atomic E-state index is 6.14. The summed E-state index contributed by atoms with van der Waals surface area (Å²) >= 11 is 0. The van der Waals surface area contributed by atoms with Crippen molar-refractivity contribution in [3.63, 3.8) is 0 Å². The number of allylic oxidation sites excluding steroid dienone is 4. The molecular formula is C23H44N2. The first kappa shape index (κ1) is 22.4.